The number of nitrogens with two attached hydrogens (primary N) is 2. The van der Waals surface area contributed by atoms with Gasteiger partial charge in [-0.2, -0.15) is 0 Å². The molecule has 3 heterocycles. The Morgan fingerprint density at radius 2 is 1.82 bits per heavy atom. The van der Waals surface area contributed by atoms with Gasteiger partial charge in [-0.3, -0.25) is 0 Å². The van der Waals surface area contributed by atoms with E-state index in [-0.39, 0.29) is 11.9 Å². The van der Waals surface area contributed by atoms with Crippen molar-refractivity contribution in [3.63, 3.8) is 0 Å². The molecule has 0 radical (unpaired) electrons. The van der Waals surface area contributed by atoms with Gasteiger partial charge in [0, 0.05) is 30.1 Å². The number of benzene rings is 2. The van der Waals surface area contributed by atoms with Crippen LogP contribution in [0.15, 0.2) is 85.3 Å². The van der Waals surface area contributed by atoms with Gasteiger partial charge in [0.05, 0.1) is 42.6 Å². The molecule has 1 aliphatic carbocycles. The van der Waals surface area contributed by atoms with Crippen LogP contribution >= 0.6 is 11.3 Å². The molecule has 1 aliphatic rings. The minimum Gasteiger partial charge on any atom is -0.497 e. The lowest BCUT2D eigenvalue weighted by Gasteiger charge is -2.24. The van der Waals surface area contributed by atoms with Crippen LogP contribution < -0.4 is 21.6 Å². The highest BCUT2D eigenvalue weighted by molar-refractivity contribution is 7.15. The predicted octanol–water partition coefficient (Wildman–Crippen LogP) is 7.57. The van der Waals surface area contributed by atoms with Crippen molar-refractivity contribution in [3.8, 4) is 16.3 Å². The summed E-state index contributed by atoms with van der Waals surface area (Å²) in [4.78, 5) is 27.3. The zero-order valence-corrected chi connectivity index (χ0v) is 29.4. The Morgan fingerprint density at radius 3 is 2.57 bits per heavy atom. The number of fused-ring (bicyclic) bond motifs is 1. The van der Waals surface area contributed by atoms with E-state index < -0.39 is 0 Å². The highest BCUT2D eigenvalue weighted by atomic mass is 32.1. The van der Waals surface area contributed by atoms with Gasteiger partial charge in [0.2, 0.25) is 0 Å². The molecular formula is C38H43N7O3S. The average molecular weight is 678 g/mol. The standard InChI is InChI=1S/C36H37N7O3S.C2H6/c1-22-15-31(32-19-40-35(47-32)29-6-4-5-24-17-26(36(44)46-3)9-12-28(24)29)41-34(16-22)42-33-18-25(13-14-39-33)30(37)21-43(38)20-23-7-10-27(45-2)11-8-23;1-2/h7-19,21,29H,4-6,20,37-38H2,1-3H3,(H,39,41,42);1-2H3/b30-21-;. The fourth-order valence-electron chi connectivity index (χ4n) is 5.79. The van der Waals surface area contributed by atoms with E-state index in [4.69, 9.17) is 31.0 Å². The van der Waals surface area contributed by atoms with Crippen LogP contribution in [0.4, 0.5) is 11.6 Å². The monoisotopic (exact) mass is 677 g/mol. The highest BCUT2D eigenvalue weighted by Gasteiger charge is 2.26. The van der Waals surface area contributed by atoms with Crippen LogP contribution in [0.25, 0.3) is 16.3 Å². The van der Waals surface area contributed by atoms with Gasteiger partial charge in [0.15, 0.2) is 0 Å². The summed E-state index contributed by atoms with van der Waals surface area (Å²) >= 11 is 1.65. The number of nitrogens with one attached hydrogen (secondary N) is 1. The first-order valence-corrected chi connectivity index (χ1v) is 17.1. The number of pyridine rings is 2. The highest BCUT2D eigenvalue weighted by Crippen LogP contribution is 2.40. The van der Waals surface area contributed by atoms with Crippen LogP contribution in [-0.4, -0.2) is 40.1 Å². The summed E-state index contributed by atoms with van der Waals surface area (Å²) in [6.07, 6.45) is 8.29. The number of esters is 1. The van der Waals surface area contributed by atoms with Crippen molar-refractivity contribution in [1.82, 2.24) is 20.0 Å². The molecule has 0 spiro atoms. The van der Waals surface area contributed by atoms with Gasteiger partial charge in [-0.15, -0.1) is 11.3 Å². The maximum atomic E-state index is 12.1. The lowest BCUT2D eigenvalue weighted by molar-refractivity contribution is 0.0600. The minimum absolute atomic E-state index is 0.178. The van der Waals surface area contributed by atoms with E-state index in [0.717, 1.165) is 57.3 Å². The SMILES string of the molecule is CC.COC(=O)c1ccc2c(c1)CCCC2c1ncc(-c2cc(C)cc(Nc3cc(/C(N)=C/N(N)Cc4ccc(OC)cc4)ccn3)n2)s1. The van der Waals surface area contributed by atoms with Crippen molar-refractivity contribution in [2.75, 3.05) is 19.5 Å². The van der Waals surface area contributed by atoms with Gasteiger partial charge in [-0.05, 0) is 97.0 Å². The van der Waals surface area contributed by atoms with Crippen LogP contribution in [0, 0.1) is 6.92 Å². The van der Waals surface area contributed by atoms with Gasteiger partial charge in [0.25, 0.3) is 0 Å². The molecule has 1 unspecified atom stereocenters. The van der Waals surface area contributed by atoms with Gasteiger partial charge in [-0.1, -0.05) is 32.0 Å². The fraction of sp³-hybridized carbons (Fsp3) is 0.263. The molecule has 254 valence electrons. The number of carbonyl (C=O) groups is 1. The molecule has 0 bridgehead atoms. The number of hydrogen-bond acceptors (Lipinski definition) is 11. The number of carbonyl (C=O) groups excluding carboxylic acids is 1. The molecule has 2 aromatic carbocycles. The van der Waals surface area contributed by atoms with Crippen molar-refractivity contribution in [1.29, 1.82) is 0 Å². The molecule has 5 aromatic rings. The third kappa shape index (κ3) is 8.62. The fourth-order valence-corrected chi connectivity index (χ4v) is 6.82. The number of anilines is 2. The van der Waals surface area contributed by atoms with Crippen molar-refractivity contribution in [2.45, 2.75) is 52.5 Å². The number of nitrogens with zero attached hydrogens (tertiary/aromatic N) is 4. The summed E-state index contributed by atoms with van der Waals surface area (Å²) < 4.78 is 10.1. The molecule has 0 saturated heterocycles. The number of hydrazine groups is 1. The summed E-state index contributed by atoms with van der Waals surface area (Å²) in [5, 5.41) is 5.93. The van der Waals surface area contributed by atoms with E-state index in [0.29, 0.717) is 29.4 Å². The Hall–Kier alpha value is -5.26. The van der Waals surface area contributed by atoms with Gasteiger partial charge >= 0.3 is 5.97 Å². The van der Waals surface area contributed by atoms with E-state index in [1.165, 1.54) is 18.2 Å². The van der Waals surface area contributed by atoms with E-state index in [1.54, 1.807) is 35.9 Å². The maximum Gasteiger partial charge on any atom is 0.337 e. The molecule has 10 nitrogen and oxygen atoms in total. The van der Waals surface area contributed by atoms with E-state index in [9.17, 15) is 4.79 Å². The van der Waals surface area contributed by atoms with Crippen molar-refractivity contribution >= 4 is 34.6 Å². The molecule has 49 heavy (non-hydrogen) atoms. The Bertz CT molecular complexity index is 1920. The first kappa shape index (κ1) is 35.1. The summed E-state index contributed by atoms with van der Waals surface area (Å²) in [7, 11) is 3.05. The number of methoxy groups -OCH3 is 2. The molecule has 5 N–H and O–H groups in total. The first-order chi connectivity index (χ1) is 23.8. The van der Waals surface area contributed by atoms with Crippen molar-refractivity contribution < 1.29 is 14.3 Å². The number of hydrogen-bond donors (Lipinski definition) is 3. The number of aromatic nitrogens is 3. The van der Waals surface area contributed by atoms with E-state index >= 15 is 0 Å². The largest absolute Gasteiger partial charge is 0.497 e. The molecule has 1 atom stereocenters. The molecule has 0 saturated carbocycles. The van der Waals surface area contributed by atoms with Gasteiger partial charge in [0.1, 0.15) is 22.4 Å². The third-order valence-electron chi connectivity index (χ3n) is 8.10. The van der Waals surface area contributed by atoms with Crippen molar-refractivity contribution in [2.24, 2.45) is 11.6 Å². The quantitative estimate of drug-likeness (QED) is 0.0770. The molecule has 0 amide bonds. The molecule has 6 rings (SSSR count). The smallest absolute Gasteiger partial charge is 0.337 e. The first-order valence-electron chi connectivity index (χ1n) is 16.3. The van der Waals surface area contributed by atoms with E-state index in [1.807, 2.05) is 81.6 Å². The molecule has 0 fully saturated rings. The Kier molecular flexibility index (Phi) is 11.6. The summed E-state index contributed by atoms with van der Waals surface area (Å²) in [5.41, 5.74) is 13.6. The summed E-state index contributed by atoms with van der Waals surface area (Å²) in [6.45, 7) is 6.53. The summed E-state index contributed by atoms with van der Waals surface area (Å²) in [5.74, 6) is 8.17. The Morgan fingerprint density at radius 1 is 1.02 bits per heavy atom. The van der Waals surface area contributed by atoms with E-state index in [2.05, 4.69) is 22.4 Å². The van der Waals surface area contributed by atoms with Crippen LogP contribution in [0.1, 0.15) is 75.8 Å². The molecule has 0 aliphatic heterocycles. The second kappa shape index (κ2) is 16.2. The number of ether oxygens (including phenoxy) is 2. The number of rotatable bonds is 10. The van der Waals surface area contributed by atoms with Gasteiger partial charge in [-0.25, -0.2) is 25.6 Å². The Labute approximate surface area is 291 Å². The van der Waals surface area contributed by atoms with Crippen LogP contribution in [0.2, 0.25) is 0 Å². The normalized spacial score (nSPS) is 13.8. The molecule has 3 aromatic heterocycles. The lowest BCUT2D eigenvalue weighted by atomic mass is 9.82. The summed E-state index contributed by atoms with van der Waals surface area (Å²) in [6, 6.07) is 21.3. The molecule has 11 heteroatoms. The average Bonchev–Trinajstić information content (AvgIpc) is 3.62. The predicted molar refractivity (Wildman–Crippen MR) is 196 cm³/mol. The second-order valence-corrected chi connectivity index (χ2v) is 12.5. The maximum absolute atomic E-state index is 12.1. The van der Waals surface area contributed by atoms with Crippen LogP contribution in [0.3, 0.4) is 0 Å². The van der Waals surface area contributed by atoms with Crippen molar-refractivity contribution in [3.05, 3.63) is 124 Å². The Balaban J connectivity index is 0.00000230. The van der Waals surface area contributed by atoms with Crippen LogP contribution in [-0.2, 0) is 17.7 Å². The number of thiazole rings is 1. The van der Waals surface area contributed by atoms with Gasteiger partial charge < -0.3 is 25.5 Å². The molecular weight excluding hydrogens is 635 g/mol. The zero-order chi connectivity index (χ0) is 34.9. The lowest BCUT2D eigenvalue weighted by Crippen LogP contribution is -2.25. The van der Waals surface area contributed by atoms with Crippen LogP contribution in [0.5, 0.6) is 5.75 Å². The second-order valence-electron chi connectivity index (χ2n) is 11.5. The zero-order valence-electron chi connectivity index (χ0n) is 28.6. The minimum atomic E-state index is -0.314. The topological polar surface area (TPSA) is 142 Å². The number of aryl methyl sites for hydroxylation is 2. The third-order valence-corrected chi connectivity index (χ3v) is 9.23.